The maximum Gasteiger partial charge on any atom is 0.283 e. The number of hydrogen-bond donors (Lipinski definition) is 3. The Labute approximate surface area is 254 Å². The van der Waals surface area contributed by atoms with E-state index in [2.05, 4.69) is 10.3 Å². The molecule has 1 saturated heterocycles. The normalized spacial score (nSPS) is 22.4. The highest BCUT2D eigenvalue weighted by Crippen LogP contribution is 2.30. The number of para-hydroxylation sites is 2. The molecule has 2 heterocycles. The Morgan fingerprint density at radius 3 is 1.84 bits per heavy atom. The lowest BCUT2D eigenvalue weighted by atomic mass is 9.99. The van der Waals surface area contributed by atoms with Crippen molar-refractivity contribution in [3.8, 4) is 11.5 Å². The molecule has 1 aromatic heterocycles. The molecule has 4 aromatic rings. The van der Waals surface area contributed by atoms with Gasteiger partial charge < -0.3 is 25.0 Å². The highest BCUT2D eigenvalue weighted by molar-refractivity contribution is 7.86. The van der Waals surface area contributed by atoms with Crippen molar-refractivity contribution in [1.29, 1.82) is 0 Å². The molecule has 13 heteroatoms. The first-order valence-electron chi connectivity index (χ1n) is 13.6. The quantitative estimate of drug-likeness (QED) is 0.231. The summed E-state index contributed by atoms with van der Waals surface area (Å²) < 4.78 is 42.8. The smallest absolute Gasteiger partial charge is 0.283 e. The first-order valence-corrected chi connectivity index (χ1v) is 15.8. The van der Waals surface area contributed by atoms with Crippen LogP contribution in [0.15, 0.2) is 103 Å². The van der Waals surface area contributed by atoms with Crippen molar-refractivity contribution in [2.24, 2.45) is 0 Å². The Hall–Kier alpha value is -3.85. The predicted octanol–water partition coefficient (Wildman–Crippen LogP) is 2.76. The third-order valence-electron chi connectivity index (χ3n) is 6.96. The van der Waals surface area contributed by atoms with Crippen molar-refractivity contribution >= 4 is 32.6 Å². The van der Waals surface area contributed by atoms with Gasteiger partial charge in [0.1, 0.15) is 36.9 Å². The second kappa shape index (κ2) is 14.1. The topological polar surface area (TPSA) is 142 Å². The monoisotopic (exact) mass is 624 g/mol. The van der Waals surface area contributed by atoms with Crippen molar-refractivity contribution in [3.63, 3.8) is 0 Å². The van der Waals surface area contributed by atoms with E-state index in [9.17, 15) is 23.4 Å². The van der Waals surface area contributed by atoms with Crippen LogP contribution in [0, 0.1) is 0 Å². The van der Waals surface area contributed by atoms with E-state index in [1.165, 1.54) is 17.5 Å². The maximum absolute atomic E-state index is 14.5. The average Bonchev–Trinajstić information content (AvgIpc) is 3.52. The van der Waals surface area contributed by atoms with Gasteiger partial charge in [-0.1, -0.05) is 66.7 Å². The number of nitrogens with zero attached hydrogens (tertiary/aromatic N) is 3. The lowest BCUT2D eigenvalue weighted by Crippen LogP contribution is -2.54. The molecule has 226 valence electrons. The van der Waals surface area contributed by atoms with Gasteiger partial charge in [0.2, 0.25) is 5.91 Å². The molecule has 3 N–H and O–H groups in total. The van der Waals surface area contributed by atoms with Gasteiger partial charge in [-0.3, -0.25) is 4.79 Å². The minimum Gasteiger partial charge on any atom is -0.492 e. The molecule has 5 rings (SSSR count). The average molecular weight is 625 g/mol. The minimum absolute atomic E-state index is 0.146. The molecule has 1 fully saturated rings. The zero-order chi connectivity index (χ0) is 30.2. The Morgan fingerprint density at radius 2 is 1.33 bits per heavy atom. The van der Waals surface area contributed by atoms with Gasteiger partial charge in [-0.25, -0.2) is 4.98 Å². The van der Waals surface area contributed by atoms with E-state index in [1.54, 1.807) is 90.3 Å². The Bertz CT molecular complexity index is 1550. The molecule has 11 nitrogen and oxygen atoms in total. The highest BCUT2D eigenvalue weighted by atomic mass is 32.2. The van der Waals surface area contributed by atoms with Crippen LogP contribution in [0.1, 0.15) is 5.56 Å². The van der Waals surface area contributed by atoms with E-state index in [-0.39, 0.29) is 19.8 Å². The zero-order valence-electron chi connectivity index (χ0n) is 23.0. The number of aromatic nitrogens is 1. The van der Waals surface area contributed by atoms with E-state index >= 15 is 0 Å². The van der Waals surface area contributed by atoms with Crippen LogP contribution in [-0.4, -0.2) is 82.2 Å². The number of aliphatic hydroxyl groups excluding tert-OH is 2. The fourth-order valence-electron chi connectivity index (χ4n) is 4.78. The number of rotatable bonds is 11. The van der Waals surface area contributed by atoms with Crippen molar-refractivity contribution in [1.82, 2.24) is 13.6 Å². The van der Waals surface area contributed by atoms with E-state index in [0.717, 1.165) is 8.61 Å². The van der Waals surface area contributed by atoms with Crippen LogP contribution in [0.5, 0.6) is 11.5 Å². The number of thiazole rings is 1. The van der Waals surface area contributed by atoms with Crippen molar-refractivity contribution in [2.75, 3.05) is 25.1 Å². The first kappa shape index (κ1) is 30.6. The zero-order valence-corrected chi connectivity index (χ0v) is 24.7. The molecule has 1 aliphatic rings. The van der Waals surface area contributed by atoms with Crippen LogP contribution in [0.3, 0.4) is 0 Å². The third-order valence-corrected chi connectivity index (χ3v) is 9.63. The fourth-order valence-corrected chi connectivity index (χ4v) is 7.24. The summed E-state index contributed by atoms with van der Waals surface area (Å²) in [7, 11) is -4.54. The summed E-state index contributed by atoms with van der Waals surface area (Å²) in [5.74, 6) is 0.237. The molecule has 0 unspecified atom stereocenters. The maximum atomic E-state index is 14.5. The van der Waals surface area contributed by atoms with Gasteiger partial charge in [-0.05, 0) is 29.8 Å². The van der Waals surface area contributed by atoms with Crippen LogP contribution in [0.4, 0.5) is 5.13 Å². The van der Waals surface area contributed by atoms with Crippen LogP contribution in [0.2, 0.25) is 0 Å². The second-order valence-corrected chi connectivity index (χ2v) is 12.6. The van der Waals surface area contributed by atoms with Crippen LogP contribution >= 0.6 is 11.3 Å². The van der Waals surface area contributed by atoms with Gasteiger partial charge in [0.05, 0.1) is 18.6 Å². The Kier molecular flexibility index (Phi) is 10.0. The molecule has 1 aliphatic heterocycles. The SMILES string of the molecule is O=C(CN1[C@H](COc2ccccc2)[C@H](O)[C@@H](O)[C@@H](COc2ccccc2)N(Cc2ccccc2)S1(=O)=O)Nc1nccs1. The number of nitrogens with one attached hydrogen (secondary N) is 1. The van der Waals surface area contributed by atoms with Crippen molar-refractivity contribution in [2.45, 2.75) is 30.8 Å². The molecule has 3 aromatic carbocycles. The predicted molar refractivity (Wildman–Crippen MR) is 162 cm³/mol. The molecule has 0 radical (unpaired) electrons. The van der Waals surface area contributed by atoms with Crippen molar-refractivity contribution in [3.05, 3.63) is 108 Å². The number of aliphatic hydroxyl groups is 2. The summed E-state index contributed by atoms with van der Waals surface area (Å²) >= 11 is 1.18. The summed E-state index contributed by atoms with van der Waals surface area (Å²) in [4.78, 5) is 17.2. The number of benzene rings is 3. The molecule has 0 saturated carbocycles. The second-order valence-electron chi connectivity index (χ2n) is 9.83. The first-order chi connectivity index (χ1) is 20.8. The van der Waals surface area contributed by atoms with E-state index in [0.29, 0.717) is 22.2 Å². The fraction of sp³-hybridized carbons (Fsp3) is 0.267. The third kappa shape index (κ3) is 7.57. The molecular formula is C30H32N4O7S2. The molecule has 0 spiro atoms. The highest BCUT2D eigenvalue weighted by Gasteiger charge is 2.51. The number of hydrogen-bond acceptors (Lipinski definition) is 9. The number of ether oxygens (including phenoxy) is 2. The van der Waals surface area contributed by atoms with Gasteiger partial charge >= 0.3 is 0 Å². The largest absolute Gasteiger partial charge is 0.492 e. The van der Waals surface area contributed by atoms with Gasteiger partial charge in [0.25, 0.3) is 10.2 Å². The molecule has 1 amide bonds. The number of amides is 1. The molecule has 0 aliphatic carbocycles. The Morgan fingerprint density at radius 1 is 0.814 bits per heavy atom. The molecule has 0 bridgehead atoms. The number of carbonyl (C=O) groups excluding carboxylic acids is 1. The lowest BCUT2D eigenvalue weighted by molar-refractivity contribution is -0.117. The summed E-state index contributed by atoms with van der Waals surface area (Å²) in [6.07, 6.45) is -1.73. The summed E-state index contributed by atoms with van der Waals surface area (Å²) in [6, 6.07) is 23.8. The number of anilines is 1. The van der Waals surface area contributed by atoms with Gasteiger partial charge in [-0.15, -0.1) is 11.3 Å². The summed E-state index contributed by atoms with van der Waals surface area (Å²) in [6.45, 7) is -1.41. The standard InChI is InChI=1S/C30H32N4O7S2/c35-27(32-30-31-16-17-42-30)19-34-26(21-41-24-14-8-3-9-15-24)29(37)28(36)25(20-40-23-12-6-2-7-13-23)33(43(34,38)39)18-22-10-4-1-5-11-22/h1-17,25-26,28-29,36-37H,18-21H2,(H,31,32,35)/t25-,26-,28+,29+/m1/s1. The van der Waals surface area contributed by atoms with Gasteiger partial charge in [-0.2, -0.15) is 17.0 Å². The van der Waals surface area contributed by atoms with Crippen LogP contribution in [-0.2, 0) is 21.5 Å². The van der Waals surface area contributed by atoms with Gasteiger partial charge in [0.15, 0.2) is 5.13 Å². The summed E-state index contributed by atoms with van der Waals surface area (Å²) in [5, 5.41) is 27.7. The van der Waals surface area contributed by atoms with Crippen molar-refractivity contribution < 1.29 is 32.9 Å². The van der Waals surface area contributed by atoms with Crippen LogP contribution in [0.25, 0.3) is 0 Å². The van der Waals surface area contributed by atoms with Gasteiger partial charge in [0, 0.05) is 18.1 Å². The molecule has 43 heavy (non-hydrogen) atoms. The number of carbonyl (C=O) groups is 1. The Balaban J connectivity index is 1.52. The molecular weight excluding hydrogens is 592 g/mol. The van der Waals surface area contributed by atoms with Crippen LogP contribution < -0.4 is 14.8 Å². The van der Waals surface area contributed by atoms with E-state index < -0.39 is 47.0 Å². The van der Waals surface area contributed by atoms with E-state index in [4.69, 9.17) is 9.47 Å². The lowest BCUT2D eigenvalue weighted by Gasteiger charge is -2.34. The minimum atomic E-state index is -4.54. The van der Waals surface area contributed by atoms with E-state index in [1.807, 2.05) is 6.07 Å². The summed E-state index contributed by atoms with van der Waals surface area (Å²) in [5.41, 5.74) is 0.642. The molecule has 4 atom stereocenters.